The summed E-state index contributed by atoms with van der Waals surface area (Å²) in [6, 6.07) is 22.2. The minimum atomic E-state index is -0.964. The second-order valence-electron chi connectivity index (χ2n) is 7.37. The molecule has 1 N–H and O–H groups in total. The zero-order valence-electron chi connectivity index (χ0n) is 19.2. The first-order valence-corrected chi connectivity index (χ1v) is 10.6. The number of para-hydroxylation sites is 1. The van der Waals surface area contributed by atoms with Crippen LogP contribution in [0.5, 0.6) is 11.5 Å². The molecule has 8 nitrogen and oxygen atoms in total. The highest BCUT2D eigenvalue weighted by atomic mass is 16.5. The van der Waals surface area contributed by atoms with Gasteiger partial charge in [0.1, 0.15) is 11.5 Å². The van der Waals surface area contributed by atoms with Gasteiger partial charge in [-0.3, -0.25) is 9.59 Å². The van der Waals surface area contributed by atoms with Gasteiger partial charge in [0.15, 0.2) is 12.7 Å². The summed E-state index contributed by atoms with van der Waals surface area (Å²) in [4.78, 5) is 38.6. The summed E-state index contributed by atoms with van der Waals surface area (Å²) in [5.74, 6) is -0.285. The number of rotatable bonds is 9. The number of anilines is 2. The number of hydrogen-bond acceptors (Lipinski definition) is 6. The molecule has 0 spiro atoms. The van der Waals surface area contributed by atoms with Crippen molar-refractivity contribution >= 4 is 29.2 Å². The molecule has 0 aliphatic heterocycles. The van der Waals surface area contributed by atoms with E-state index in [4.69, 9.17) is 14.2 Å². The van der Waals surface area contributed by atoms with Crippen LogP contribution in [0.3, 0.4) is 0 Å². The maximum atomic E-state index is 12.6. The van der Waals surface area contributed by atoms with Gasteiger partial charge < -0.3 is 24.4 Å². The van der Waals surface area contributed by atoms with E-state index in [2.05, 4.69) is 5.32 Å². The van der Waals surface area contributed by atoms with E-state index in [1.54, 1.807) is 62.7 Å². The molecule has 34 heavy (non-hydrogen) atoms. The van der Waals surface area contributed by atoms with Gasteiger partial charge in [0.2, 0.25) is 0 Å². The van der Waals surface area contributed by atoms with E-state index >= 15 is 0 Å². The minimum Gasteiger partial charge on any atom is -0.497 e. The Balaban J connectivity index is 1.49. The van der Waals surface area contributed by atoms with E-state index in [0.717, 1.165) is 0 Å². The molecule has 3 rings (SSSR count). The zero-order valence-corrected chi connectivity index (χ0v) is 19.2. The Bertz CT molecular complexity index is 1130. The third kappa shape index (κ3) is 6.59. The number of esters is 1. The smallest absolute Gasteiger partial charge is 0.338 e. The van der Waals surface area contributed by atoms with Gasteiger partial charge in [-0.05, 0) is 55.5 Å². The topological polar surface area (TPSA) is 94.2 Å². The maximum Gasteiger partial charge on any atom is 0.338 e. The standard InChI is InChI=1S/C26H26N2O6/c1-18(25(30)28(2)21-9-5-4-6-10-21)34-26(31)19-12-14-22(15-13-19)33-17-24(29)27-20-8-7-11-23(16-20)32-3/h4-16,18H,17H2,1-3H3,(H,27,29). The monoisotopic (exact) mass is 462 g/mol. The first-order valence-electron chi connectivity index (χ1n) is 10.6. The van der Waals surface area contributed by atoms with Crippen molar-refractivity contribution in [1.82, 2.24) is 0 Å². The number of hydrogen-bond donors (Lipinski definition) is 1. The predicted molar refractivity (Wildman–Crippen MR) is 128 cm³/mol. The van der Waals surface area contributed by atoms with Gasteiger partial charge in [-0.25, -0.2) is 4.79 Å². The number of nitrogens with zero attached hydrogens (tertiary/aromatic N) is 1. The van der Waals surface area contributed by atoms with Gasteiger partial charge in [-0.2, -0.15) is 0 Å². The molecule has 0 aliphatic rings. The molecule has 0 heterocycles. The summed E-state index contributed by atoms with van der Waals surface area (Å²) in [6.45, 7) is 1.32. The van der Waals surface area contributed by atoms with Crippen LogP contribution in [0.1, 0.15) is 17.3 Å². The number of methoxy groups -OCH3 is 1. The summed E-state index contributed by atoms with van der Waals surface area (Å²) >= 11 is 0. The lowest BCUT2D eigenvalue weighted by Gasteiger charge is -2.21. The van der Waals surface area contributed by atoms with E-state index in [0.29, 0.717) is 22.9 Å². The normalized spacial score (nSPS) is 11.1. The highest BCUT2D eigenvalue weighted by molar-refractivity contribution is 5.98. The van der Waals surface area contributed by atoms with Crippen LogP contribution in [0.15, 0.2) is 78.9 Å². The van der Waals surface area contributed by atoms with E-state index in [1.165, 1.54) is 24.0 Å². The largest absolute Gasteiger partial charge is 0.497 e. The summed E-state index contributed by atoms with van der Waals surface area (Å²) < 4.78 is 15.9. The number of nitrogens with one attached hydrogen (secondary N) is 1. The first kappa shape index (κ1) is 24.3. The lowest BCUT2D eigenvalue weighted by molar-refractivity contribution is -0.126. The van der Waals surface area contributed by atoms with Crippen LogP contribution in [0, 0.1) is 0 Å². The lowest BCUT2D eigenvalue weighted by Crippen LogP contribution is -2.37. The Labute approximate surface area is 198 Å². The van der Waals surface area contributed by atoms with Crippen molar-refractivity contribution in [3.63, 3.8) is 0 Å². The number of carbonyl (C=O) groups is 3. The Hall–Kier alpha value is -4.33. The molecule has 1 atom stereocenters. The van der Waals surface area contributed by atoms with Crippen LogP contribution < -0.4 is 19.7 Å². The van der Waals surface area contributed by atoms with Crippen LogP contribution in [0.4, 0.5) is 11.4 Å². The van der Waals surface area contributed by atoms with E-state index < -0.39 is 12.1 Å². The van der Waals surface area contributed by atoms with Gasteiger partial charge in [-0.1, -0.05) is 24.3 Å². The minimum absolute atomic E-state index is 0.210. The molecule has 0 saturated carbocycles. The third-order valence-corrected chi connectivity index (χ3v) is 4.92. The van der Waals surface area contributed by atoms with Crippen molar-refractivity contribution in [2.24, 2.45) is 0 Å². The average molecular weight is 463 g/mol. The molecular weight excluding hydrogens is 436 g/mol. The van der Waals surface area contributed by atoms with Gasteiger partial charge in [0, 0.05) is 24.5 Å². The molecule has 3 aromatic carbocycles. The van der Waals surface area contributed by atoms with E-state index in [1.807, 2.05) is 18.2 Å². The van der Waals surface area contributed by atoms with Gasteiger partial charge in [-0.15, -0.1) is 0 Å². The molecule has 0 aliphatic carbocycles. The summed E-state index contributed by atoms with van der Waals surface area (Å²) in [5.41, 5.74) is 1.55. The van der Waals surface area contributed by atoms with Crippen LogP contribution in [-0.2, 0) is 14.3 Å². The Morgan fingerprint density at radius 1 is 0.912 bits per heavy atom. The molecule has 0 saturated heterocycles. The fraction of sp³-hybridized carbons (Fsp3) is 0.192. The molecule has 1 unspecified atom stereocenters. The fourth-order valence-electron chi connectivity index (χ4n) is 3.06. The quantitative estimate of drug-likeness (QED) is 0.485. The molecule has 0 fully saturated rings. The Morgan fingerprint density at radius 3 is 2.29 bits per heavy atom. The molecule has 0 radical (unpaired) electrons. The highest BCUT2D eigenvalue weighted by Gasteiger charge is 2.23. The van der Waals surface area contributed by atoms with Crippen molar-refractivity contribution in [3.05, 3.63) is 84.4 Å². The summed E-state index contributed by atoms with van der Waals surface area (Å²) in [7, 11) is 3.17. The van der Waals surface area contributed by atoms with Crippen molar-refractivity contribution in [1.29, 1.82) is 0 Å². The molecular formula is C26H26N2O6. The average Bonchev–Trinajstić information content (AvgIpc) is 2.87. The third-order valence-electron chi connectivity index (χ3n) is 4.92. The summed E-state index contributed by atoms with van der Waals surface area (Å²) in [5, 5.41) is 2.72. The second-order valence-corrected chi connectivity index (χ2v) is 7.37. The Kier molecular flexibility index (Phi) is 8.23. The zero-order chi connectivity index (χ0) is 24.5. The predicted octanol–water partition coefficient (Wildman–Crippen LogP) is 3.92. The molecule has 176 valence electrons. The molecule has 8 heteroatoms. The van der Waals surface area contributed by atoms with Gasteiger partial charge in [0.25, 0.3) is 11.8 Å². The van der Waals surface area contributed by atoms with Crippen molar-refractivity contribution in [2.75, 3.05) is 31.0 Å². The van der Waals surface area contributed by atoms with Gasteiger partial charge in [0.05, 0.1) is 12.7 Å². The Morgan fingerprint density at radius 2 is 1.62 bits per heavy atom. The lowest BCUT2D eigenvalue weighted by atomic mass is 10.2. The van der Waals surface area contributed by atoms with Crippen LogP contribution in [0.2, 0.25) is 0 Å². The van der Waals surface area contributed by atoms with E-state index in [9.17, 15) is 14.4 Å². The van der Waals surface area contributed by atoms with Crippen LogP contribution in [0.25, 0.3) is 0 Å². The number of likely N-dealkylation sites (N-methyl/N-ethyl adjacent to an activating group) is 1. The molecule has 0 bridgehead atoms. The first-order chi connectivity index (χ1) is 16.4. The van der Waals surface area contributed by atoms with Crippen LogP contribution >= 0.6 is 0 Å². The van der Waals surface area contributed by atoms with Gasteiger partial charge >= 0.3 is 5.97 Å². The fourth-order valence-corrected chi connectivity index (χ4v) is 3.06. The van der Waals surface area contributed by atoms with Crippen molar-refractivity contribution in [3.8, 4) is 11.5 Å². The highest BCUT2D eigenvalue weighted by Crippen LogP contribution is 2.18. The number of benzene rings is 3. The SMILES string of the molecule is COc1cccc(NC(=O)COc2ccc(C(=O)OC(C)C(=O)N(C)c3ccccc3)cc2)c1. The number of ether oxygens (including phenoxy) is 3. The molecule has 2 amide bonds. The van der Waals surface area contributed by atoms with Crippen molar-refractivity contribution in [2.45, 2.75) is 13.0 Å². The van der Waals surface area contributed by atoms with Crippen LogP contribution in [-0.4, -0.2) is 44.7 Å². The van der Waals surface area contributed by atoms with Crippen molar-refractivity contribution < 1.29 is 28.6 Å². The number of amides is 2. The number of carbonyl (C=O) groups excluding carboxylic acids is 3. The second kappa shape index (κ2) is 11.5. The maximum absolute atomic E-state index is 12.6. The molecule has 0 aromatic heterocycles. The van der Waals surface area contributed by atoms with E-state index in [-0.39, 0.29) is 24.0 Å². The molecule has 3 aromatic rings. The summed E-state index contributed by atoms with van der Waals surface area (Å²) in [6.07, 6.45) is -0.964.